The smallest absolute Gasteiger partial charge is 0.159 e. The molecule has 0 atom stereocenters. The van der Waals surface area contributed by atoms with Crippen molar-refractivity contribution < 1.29 is 4.42 Å². The summed E-state index contributed by atoms with van der Waals surface area (Å²) in [5.41, 5.74) is 9.78. The molecule has 0 N–H and O–H groups in total. The summed E-state index contributed by atoms with van der Waals surface area (Å²) in [6, 6.07) is 57.9. The zero-order chi connectivity index (χ0) is 27.9. The van der Waals surface area contributed by atoms with Gasteiger partial charge in [-0.2, -0.15) is 0 Å². The van der Waals surface area contributed by atoms with Gasteiger partial charge in [0.25, 0.3) is 0 Å². The van der Waals surface area contributed by atoms with Crippen LogP contribution in [0.2, 0.25) is 0 Å². The monoisotopic (exact) mass is 537 g/mol. The van der Waals surface area contributed by atoms with Crippen LogP contribution in [0, 0.1) is 0 Å². The van der Waals surface area contributed by atoms with Gasteiger partial charge in [0.2, 0.25) is 0 Å². The molecule has 198 valence electrons. The molecule has 8 aromatic rings. The van der Waals surface area contributed by atoms with Crippen molar-refractivity contribution in [3.05, 3.63) is 164 Å². The van der Waals surface area contributed by atoms with Crippen molar-refractivity contribution >= 4 is 49.8 Å². The fourth-order valence-corrected chi connectivity index (χ4v) is 6.04. The highest BCUT2D eigenvalue weighted by molar-refractivity contribution is 6.10. The molecule has 0 saturated heterocycles. The molecule has 2 nitrogen and oxygen atoms in total. The fourth-order valence-electron chi connectivity index (χ4n) is 6.04. The maximum atomic E-state index is 6.46. The van der Waals surface area contributed by atoms with Gasteiger partial charge in [-0.1, -0.05) is 115 Å². The second kappa shape index (κ2) is 10.1. The molecule has 0 amide bonds. The molecule has 0 aliphatic carbocycles. The van der Waals surface area contributed by atoms with Gasteiger partial charge in [-0.05, 0) is 81.6 Å². The van der Waals surface area contributed by atoms with E-state index in [1.54, 1.807) is 0 Å². The quantitative estimate of drug-likeness (QED) is 0.217. The van der Waals surface area contributed by atoms with Crippen molar-refractivity contribution in [2.24, 2.45) is 0 Å². The Kier molecular flexibility index (Phi) is 5.82. The van der Waals surface area contributed by atoms with Crippen LogP contribution in [0.5, 0.6) is 0 Å². The maximum Gasteiger partial charge on any atom is 0.159 e. The van der Waals surface area contributed by atoms with Crippen LogP contribution in [-0.4, -0.2) is 0 Å². The number of rotatable bonds is 5. The van der Waals surface area contributed by atoms with E-state index in [1.165, 1.54) is 33.0 Å². The van der Waals surface area contributed by atoms with E-state index < -0.39 is 0 Å². The van der Waals surface area contributed by atoms with Gasteiger partial charge in [0.15, 0.2) is 5.58 Å². The third kappa shape index (κ3) is 4.13. The van der Waals surface area contributed by atoms with Crippen LogP contribution in [0.4, 0.5) is 17.1 Å². The molecular formula is C40H27NO. The zero-order valence-corrected chi connectivity index (χ0v) is 22.9. The van der Waals surface area contributed by atoms with Gasteiger partial charge in [-0.15, -0.1) is 0 Å². The highest BCUT2D eigenvalue weighted by atomic mass is 16.3. The van der Waals surface area contributed by atoms with Crippen LogP contribution < -0.4 is 4.90 Å². The average Bonchev–Trinajstić information content (AvgIpc) is 3.45. The van der Waals surface area contributed by atoms with E-state index in [-0.39, 0.29) is 0 Å². The summed E-state index contributed by atoms with van der Waals surface area (Å²) in [7, 11) is 0. The van der Waals surface area contributed by atoms with E-state index in [0.29, 0.717) is 0 Å². The van der Waals surface area contributed by atoms with Gasteiger partial charge in [0.05, 0.1) is 5.69 Å². The summed E-state index contributed by atoms with van der Waals surface area (Å²) in [6.07, 6.45) is 0. The van der Waals surface area contributed by atoms with Crippen molar-refractivity contribution in [2.75, 3.05) is 4.90 Å². The maximum absolute atomic E-state index is 6.46. The summed E-state index contributed by atoms with van der Waals surface area (Å²) in [5.74, 6) is 0. The zero-order valence-electron chi connectivity index (χ0n) is 22.9. The third-order valence-electron chi connectivity index (χ3n) is 8.05. The normalized spacial score (nSPS) is 11.3. The van der Waals surface area contributed by atoms with Gasteiger partial charge in [-0.3, -0.25) is 0 Å². The Labute approximate surface area is 244 Å². The first kappa shape index (κ1) is 24.2. The lowest BCUT2D eigenvalue weighted by Crippen LogP contribution is -2.10. The third-order valence-corrected chi connectivity index (χ3v) is 8.05. The number of nitrogens with zero attached hydrogens (tertiary/aromatic N) is 1. The Morgan fingerprint density at radius 1 is 0.405 bits per heavy atom. The van der Waals surface area contributed by atoms with Gasteiger partial charge < -0.3 is 9.32 Å². The number of furan rings is 1. The Morgan fingerprint density at radius 3 is 1.67 bits per heavy atom. The van der Waals surface area contributed by atoms with Crippen LogP contribution in [0.25, 0.3) is 55.0 Å². The molecule has 0 bridgehead atoms. The first-order valence-electron chi connectivity index (χ1n) is 14.3. The lowest BCUT2D eigenvalue weighted by atomic mass is 9.91. The highest BCUT2D eigenvalue weighted by Gasteiger charge is 2.19. The number of fused-ring (bicyclic) bond motifs is 4. The van der Waals surface area contributed by atoms with Gasteiger partial charge in [0, 0.05) is 22.1 Å². The molecule has 8 rings (SSSR count). The summed E-state index contributed by atoms with van der Waals surface area (Å²) in [5, 5.41) is 4.72. The molecule has 0 unspecified atom stereocenters. The molecule has 42 heavy (non-hydrogen) atoms. The van der Waals surface area contributed by atoms with Crippen molar-refractivity contribution in [3.63, 3.8) is 0 Å². The molecule has 1 aromatic heterocycles. The van der Waals surface area contributed by atoms with E-state index in [4.69, 9.17) is 4.42 Å². The Bertz CT molecular complexity index is 2180. The van der Waals surface area contributed by atoms with Gasteiger partial charge in [-0.25, -0.2) is 0 Å². The minimum absolute atomic E-state index is 0.882. The predicted molar refractivity (Wildman–Crippen MR) is 177 cm³/mol. The summed E-state index contributed by atoms with van der Waals surface area (Å²) in [4.78, 5) is 2.28. The average molecular weight is 538 g/mol. The standard InChI is InChI=1S/C40H27NO/c1-3-12-28(13-4-1)36-26-30-14-7-8-15-31(30)27-37(36)29-22-24-33(25-23-29)41(32-16-5-2-6-17-32)38-20-11-19-35-34-18-9-10-21-39(34)42-40(35)38/h1-27H. The van der Waals surface area contributed by atoms with Gasteiger partial charge >= 0.3 is 0 Å². The minimum atomic E-state index is 0.882. The molecule has 0 aliphatic rings. The number of para-hydroxylation sites is 3. The Balaban J connectivity index is 1.29. The van der Waals surface area contributed by atoms with Crippen LogP contribution >= 0.6 is 0 Å². The first-order valence-corrected chi connectivity index (χ1v) is 14.3. The molecule has 1 heterocycles. The van der Waals surface area contributed by atoms with E-state index in [1.807, 2.05) is 12.1 Å². The summed E-state index contributed by atoms with van der Waals surface area (Å²) >= 11 is 0. The van der Waals surface area contributed by atoms with Crippen LogP contribution in [0.1, 0.15) is 0 Å². The number of hydrogen-bond donors (Lipinski definition) is 0. The first-order chi connectivity index (χ1) is 20.8. The highest BCUT2D eigenvalue weighted by Crippen LogP contribution is 2.43. The Hall–Kier alpha value is -5.60. The lowest BCUT2D eigenvalue weighted by molar-refractivity contribution is 0.669. The van der Waals surface area contributed by atoms with Crippen molar-refractivity contribution in [1.29, 1.82) is 0 Å². The topological polar surface area (TPSA) is 16.4 Å². The predicted octanol–water partition coefficient (Wildman–Crippen LogP) is 11.5. The molecular weight excluding hydrogens is 510 g/mol. The second-order valence-electron chi connectivity index (χ2n) is 10.6. The summed E-state index contributed by atoms with van der Waals surface area (Å²) < 4.78 is 6.46. The number of anilines is 3. The van der Waals surface area contributed by atoms with E-state index in [2.05, 4.69) is 157 Å². The largest absolute Gasteiger partial charge is 0.454 e. The lowest BCUT2D eigenvalue weighted by Gasteiger charge is -2.25. The SMILES string of the molecule is c1ccc(-c2cc3ccccc3cc2-c2ccc(N(c3ccccc3)c3cccc4c3oc3ccccc34)cc2)cc1. The molecule has 0 aliphatic heterocycles. The van der Waals surface area contributed by atoms with E-state index >= 15 is 0 Å². The van der Waals surface area contributed by atoms with Crippen LogP contribution in [0.15, 0.2) is 168 Å². The van der Waals surface area contributed by atoms with E-state index in [0.717, 1.165) is 39.0 Å². The van der Waals surface area contributed by atoms with Crippen LogP contribution in [-0.2, 0) is 0 Å². The fraction of sp³-hybridized carbons (Fsp3) is 0. The molecule has 0 saturated carbocycles. The van der Waals surface area contributed by atoms with Crippen molar-refractivity contribution in [3.8, 4) is 22.3 Å². The molecule has 0 radical (unpaired) electrons. The summed E-state index contributed by atoms with van der Waals surface area (Å²) in [6.45, 7) is 0. The number of benzene rings is 7. The van der Waals surface area contributed by atoms with Crippen molar-refractivity contribution in [2.45, 2.75) is 0 Å². The second-order valence-corrected chi connectivity index (χ2v) is 10.6. The van der Waals surface area contributed by atoms with Crippen LogP contribution in [0.3, 0.4) is 0 Å². The molecule has 2 heteroatoms. The molecule has 0 spiro atoms. The molecule has 0 fully saturated rings. The minimum Gasteiger partial charge on any atom is -0.454 e. The number of hydrogen-bond acceptors (Lipinski definition) is 2. The van der Waals surface area contributed by atoms with E-state index in [9.17, 15) is 0 Å². The molecule has 7 aromatic carbocycles. The van der Waals surface area contributed by atoms with Gasteiger partial charge in [0.1, 0.15) is 5.58 Å². The van der Waals surface area contributed by atoms with Crippen molar-refractivity contribution in [1.82, 2.24) is 0 Å². The Morgan fingerprint density at radius 2 is 0.952 bits per heavy atom.